The third-order valence-corrected chi connectivity index (χ3v) is 2.91. The van der Waals surface area contributed by atoms with Crippen LogP contribution in [-0.4, -0.2) is 11.1 Å². The second-order valence-corrected chi connectivity index (χ2v) is 5.00. The Labute approximate surface area is 116 Å². The molecule has 0 aliphatic rings. The summed E-state index contributed by atoms with van der Waals surface area (Å²) in [7, 11) is 0. The zero-order valence-electron chi connectivity index (χ0n) is 10.1. The molecule has 0 N–H and O–H groups in total. The molecule has 1 aromatic heterocycles. The van der Waals surface area contributed by atoms with Crippen LogP contribution in [0.25, 0.3) is 11.3 Å². The smallest absolute Gasteiger partial charge is 0.119 e. The van der Waals surface area contributed by atoms with Gasteiger partial charge in [0.1, 0.15) is 5.75 Å². The van der Waals surface area contributed by atoms with Gasteiger partial charge in [-0.15, -0.1) is 28.3 Å². The van der Waals surface area contributed by atoms with Crippen molar-refractivity contribution in [2.45, 2.75) is 26.9 Å². The molecule has 2 rings (SSSR count). The van der Waals surface area contributed by atoms with Gasteiger partial charge in [-0.3, -0.25) is 0 Å². The normalized spacial score (nSPS) is 10.1. The summed E-state index contributed by atoms with van der Waals surface area (Å²) >= 11 is 1.67. The molecule has 92 valence electrons. The van der Waals surface area contributed by atoms with E-state index in [0.29, 0.717) is 0 Å². The quantitative estimate of drug-likeness (QED) is 0.833. The van der Waals surface area contributed by atoms with Crippen molar-refractivity contribution in [3.63, 3.8) is 0 Å². The van der Waals surface area contributed by atoms with Crippen molar-refractivity contribution in [1.29, 1.82) is 0 Å². The Morgan fingerprint density at radius 3 is 2.29 bits per heavy atom. The molecule has 0 saturated heterocycles. The SMILES string of the molecule is Br.Cc1nc(-c2ccc(OC(C)C)cc2)cs1. The number of hydrogen-bond donors (Lipinski definition) is 0. The van der Waals surface area contributed by atoms with E-state index in [1.807, 2.05) is 45.0 Å². The minimum atomic E-state index is 0. The van der Waals surface area contributed by atoms with Crippen LogP contribution in [0, 0.1) is 6.92 Å². The van der Waals surface area contributed by atoms with Crippen molar-refractivity contribution < 1.29 is 4.74 Å². The van der Waals surface area contributed by atoms with Crippen LogP contribution >= 0.6 is 28.3 Å². The Hall–Kier alpha value is -0.870. The molecular formula is C13H16BrNOS. The van der Waals surface area contributed by atoms with Crippen LogP contribution in [0.1, 0.15) is 18.9 Å². The topological polar surface area (TPSA) is 22.1 Å². The van der Waals surface area contributed by atoms with Crippen LogP contribution in [-0.2, 0) is 0 Å². The molecule has 0 aliphatic carbocycles. The number of aromatic nitrogens is 1. The van der Waals surface area contributed by atoms with E-state index in [2.05, 4.69) is 10.4 Å². The molecule has 4 heteroatoms. The number of aryl methyl sites for hydroxylation is 1. The third kappa shape index (κ3) is 3.82. The number of benzene rings is 1. The Kier molecular flexibility index (Phi) is 5.15. The molecule has 0 radical (unpaired) electrons. The highest BCUT2D eigenvalue weighted by atomic mass is 79.9. The molecule has 0 saturated carbocycles. The van der Waals surface area contributed by atoms with Gasteiger partial charge in [0, 0.05) is 10.9 Å². The predicted molar refractivity (Wildman–Crippen MR) is 78.4 cm³/mol. The van der Waals surface area contributed by atoms with Crippen LogP contribution in [0.15, 0.2) is 29.6 Å². The minimum absolute atomic E-state index is 0. The number of rotatable bonds is 3. The highest BCUT2D eigenvalue weighted by Gasteiger charge is 2.02. The van der Waals surface area contributed by atoms with Gasteiger partial charge in [-0.1, -0.05) is 0 Å². The van der Waals surface area contributed by atoms with E-state index < -0.39 is 0 Å². The van der Waals surface area contributed by atoms with E-state index in [9.17, 15) is 0 Å². The highest BCUT2D eigenvalue weighted by molar-refractivity contribution is 8.93. The zero-order valence-corrected chi connectivity index (χ0v) is 12.7. The summed E-state index contributed by atoms with van der Waals surface area (Å²) in [6.07, 6.45) is 0.215. The molecule has 1 aromatic carbocycles. The largest absolute Gasteiger partial charge is 0.491 e. The number of nitrogens with zero attached hydrogens (tertiary/aromatic N) is 1. The van der Waals surface area contributed by atoms with Crippen LogP contribution < -0.4 is 4.74 Å². The number of hydrogen-bond acceptors (Lipinski definition) is 3. The average molecular weight is 314 g/mol. The number of halogens is 1. The summed E-state index contributed by atoms with van der Waals surface area (Å²) in [5, 5.41) is 3.17. The molecule has 0 unspecified atom stereocenters. The highest BCUT2D eigenvalue weighted by Crippen LogP contribution is 2.24. The lowest BCUT2D eigenvalue weighted by Crippen LogP contribution is -2.05. The molecular weight excluding hydrogens is 298 g/mol. The fourth-order valence-corrected chi connectivity index (χ4v) is 2.09. The Morgan fingerprint density at radius 1 is 1.18 bits per heavy atom. The van der Waals surface area contributed by atoms with Crippen molar-refractivity contribution in [2.75, 3.05) is 0 Å². The monoisotopic (exact) mass is 313 g/mol. The summed E-state index contributed by atoms with van der Waals surface area (Å²) in [4.78, 5) is 4.45. The van der Waals surface area contributed by atoms with Crippen molar-refractivity contribution >= 4 is 28.3 Å². The summed E-state index contributed by atoms with van der Waals surface area (Å²) in [5.74, 6) is 0.908. The van der Waals surface area contributed by atoms with Gasteiger partial charge in [0.05, 0.1) is 16.8 Å². The summed E-state index contributed by atoms with van der Waals surface area (Å²) < 4.78 is 5.59. The molecule has 2 aromatic rings. The molecule has 2 nitrogen and oxygen atoms in total. The Balaban J connectivity index is 0.00000144. The van der Waals surface area contributed by atoms with E-state index in [1.54, 1.807) is 11.3 Å². The molecule has 1 heterocycles. The Bertz CT molecular complexity index is 465. The van der Waals surface area contributed by atoms with Crippen molar-refractivity contribution in [3.8, 4) is 17.0 Å². The van der Waals surface area contributed by atoms with Gasteiger partial charge in [-0.05, 0) is 45.0 Å². The van der Waals surface area contributed by atoms with Crippen LogP contribution in [0.5, 0.6) is 5.75 Å². The van der Waals surface area contributed by atoms with Gasteiger partial charge in [0.15, 0.2) is 0 Å². The predicted octanol–water partition coefficient (Wildman–Crippen LogP) is 4.48. The molecule has 0 aliphatic heterocycles. The van der Waals surface area contributed by atoms with Gasteiger partial charge in [-0.25, -0.2) is 4.98 Å². The van der Waals surface area contributed by atoms with Gasteiger partial charge >= 0.3 is 0 Å². The fraction of sp³-hybridized carbons (Fsp3) is 0.308. The molecule has 0 bridgehead atoms. The summed E-state index contributed by atoms with van der Waals surface area (Å²) in [6, 6.07) is 8.08. The summed E-state index contributed by atoms with van der Waals surface area (Å²) in [5.41, 5.74) is 2.18. The van der Waals surface area contributed by atoms with E-state index in [1.165, 1.54) is 0 Å². The first-order valence-corrected chi connectivity index (χ1v) is 6.22. The molecule has 0 spiro atoms. The molecule has 0 atom stereocenters. The maximum Gasteiger partial charge on any atom is 0.119 e. The first-order chi connectivity index (χ1) is 7.65. The van der Waals surface area contributed by atoms with Crippen molar-refractivity contribution in [2.24, 2.45) is 0 Å². The fourth-order valence-electron chi connectivity index (χ4n) is 1.47. The molecule has 0 fully saturated rings. The maximum atomic E-state index is 5.59. The van der Waals surface area contributed by atoms with Crippen LogP contribution in [0.3, 0.4) is 0 Å². The van der Waals surface area contributed by atoms with E-state index in [4.69, 9.17) is 4.74 Å². The van der Waals surface area contributed by atoms with E-state index >= 15 is 0 Å². The van der Waals surface area contributed by atoms with Gasteiger partial charge < -0.3 is 4.74 Å². The Morgan fingerprint density at radius 2 is 1.82 bits per heavy atom. The second kappa shape index (κ2) is 6.17. The first kappa shape index (κ1) is 14.2. The second-order valence-electron chi connectivity index (χ2n) is 3.94. The summed E-state index contributed by atoms with van der Waals surface area (Å²) in [6.45, 7) is 6.07. The van der Waals surface area contributed by atoms with Gasteiger partial charge in [0.25, 0.3) is 0 Å². The van der Waals surface area contributed by atoms with Crippen LogP contribution in [0.2, 0.25) is 0 Å². The number of thiazole rings is 1. The number of ether oxygens (including phenoxy) is 1. The van der Waals surface area contributed by atoms with Crippen molar-refractivity contribution in [1.82, 2.24) is 4.98 Å². The van der Waals surface area contributed by atoms with E-state index in [0.717, 1.165) is 22.0 Å². The minimum Gasteiger partial charge on any atom is -0.491 e. The van der Waals surface area contributed by atoms with Crippen molar-refractivity contribution in [3.05, 3.63) is 34.7 Å². The first-order valence-electron chi connectivity index (χ1n) is 5.34. The lowest BCUT2D eigenvalue weighted by atomic mass is 10.2. The zero-order chi connectivity index (χ0) is 11.5. The molecule has 0 amide bonds. The lowest BCUT2D eigenvalue weighted by molar-refractivity contribution is 0.242. The van der Waals surface area contributed by atoms with Crippen LogP contribution in [0.4, 0.5) is 0 Å². The maximum absolute atomic E-state index is 5.59. The van der Waals surface area contributed by atoms with Gasteiger partial charge in [0.2, 0.25) is 0 Å². The van der Waals surface area contributed by atoms with E-state index in [-0.39, 0.29) is 23.1 Å². The molecule has 17 heavy (non-hydrogen) atoms. The third-order valence-electron chi connectivity index (χ3n) is 2.14. The average Bonchev–Trinajstić information content (AvgIpc) is 2.65. The lowest BCUT2D eigenvalue weighted by Gasteiger charge is -2.09. The van der Waals surface area contributed by atoms with Gasteiger partial charge in [-0.2, -0.15) is 0 Å². The standard InChI is InChI=1S/C13H15NOS.BrH/c1-9(2)15-12-6-4-11(5-7-12)13-8-16-10(3)14-13;/h4-9H,1-3H3;1H.